The lowest BCUT2D eigenvalue weighted by Gasteiger charge is -2.23. The van der Waals surface area contributed by atoms with Crippen molar-refractivity contribution in [1.29, 1.82) is 0 Å². The van der Waals surface area contributed by atoms with Gasteiger partial charge in [0.2, 0.25) is 5.91 Å². The number of ether oxygens (including phenoxy) is 1. The number of carboxylic acids is 1. The van der Waals surface area contributed by atoms with E-state index < -0.39 is 12.0 Å². The summed E-state index contributed by atoms with van der Waals surface area (Å²) < 4.78 is 18.1. The van der Waals surface area contributed by atoms with Crippen molar-refractivity contribution >= 4 is 11.9 Å². The largest absolute Gasteiger partial charge is 0.493 e. The van der Waals surface area contributed by atoms with Gasteiger partial charge in [-0.1, -0.05) is 6.92 Å². The van der Waals surface area contributed by atoms with Gasteiger partial charge in [-0.3, -0.25) is 4.79 Å². The number of benzene rings is 1. The molecule has 0 aliphatic carbocycles. The van der Waals surface area contributed by atoms with Crippen LogP contribution in [-0.2, 0) is 9.59 Å². The van der Waals surface area contributed by atoms with Crippen LogP contribution in [0.25, 0.3) is 0 Å². The Balaban J connectivity index is 1.84. The number of carboxylic acid groups (broad SMARTS) is 1. The number of hydrogen-bond acceptors (Lipinski definition) is 3. The number of carbonyl (C=O) groups is 2. The summed E-state index contributed by atoms with van der Waals surface area (Å²) in [4.78, 5) is 24.7. The highest BCUT2D eigenvalue weighted by atomic mass is 19.1. The average molecular weight is 295 g/mol. The molecule has 1 heterocycles. The maximum absolute atomic E-state index is 12.7. The van der Waals surface area contributed by atoms with E-state index in [-0.39, 0.29) is 30.7 Å². The maximum atomic E-state index is 12.7. The Hall–Kier alpha value is -2.11. The molecule has 5 nitrogen and oxygen atoms in total. The van der Waals surface area contributed by atoms with Crippen LogP contribution < -0.4 is 4.74 Å². The molecule has 0 spiro atoms. The fourth-order valence-electron chi connectivity index (χ4n) is 2.53. The highest BCUT2D eigenvalue weighted by molar-refractivity contribution is 5.84. The molecule has 2 atom stereocenters. The number of rotatable bonds is 5. The first-order valence-electron chi connectivity index (χ1n) is 6.89. The first-order valence-corrected chi connectivity index (χ1v) is 6.89. The van der Waals surface area contributed by atoms with Crippen LogP contribution in [0.4, 0.5) is 4.39 Å². The van der Waals surface area contributed by atoms with Crippen molar-refractivity contribution in [3.8, 4) is 5.75 Å². The molecule has 0 saturated carbocycles. The number of hydrogen-bond donors (Lipinski definition) is 1. The molecule has 1 fully saturated rings. The smallest absolute Gasteiger partial charge is 0.326 e. The summed E-state index contributed by atoms with van der Waals surface area (Å²) in [6, 6.07) is 4.78. The minimum atomic E-state index is -0.965. The van der Waals surface area contributed by atoms with E-state index in [1.165, 1.54) is 29.2 Å². The summed E-state index contributed by atoms with van der Waals surface area (Å²) in [5.74, 6) is -1.10. The van der Waals surface area contributed by atoms with Crippen LogP contribution >= 0.6 is 0 Å². The average Bonchev–Trinajstić information content (AvgIpc) is 2.83. The highest BCUT2D eigenvalue weighted by Gasteiger charge is 2.39. The number of halogens is 1. The molecule has 1 N–H and O–H groups in total. The molecule has 2 unspecified atom stereocenters. The van der Waals surface area contributed by atoms with Crippen molar-refractivity contribution in [2.75, 3.05) is 13.2 Å². The molecule has 1 aliphatic heterocycles. The van der Waals surface area contributed by atoms with E-state index in [4.69, 9.17) is 4.74 Å². The summed E-state index contributed by atoms with van der Waals surface area (Å²) in [5.41, 5.74) is 0. The Morgan fingerprint density at radius 2 is 2.05 bits per heavy atom. The SMILES string of the molecule is CC1CCN(C(=O)CCOc2ccc(F)cc2)C1C(=O)O. The molecule has 0 bridgehead atoms. The molecule has 2 rings (SSSR count). The fraction of sp³-hybridized carbons (Fsp3) is 0.467. The lowest BCUT2D eigenvalue weighted by molar-refractivity contribution is -0.149. The molecule has 21 heavy (non-hydrogen) atoms. The molecule has 1 aliphatic rings. The van der Waals surface area contributed by atoms with Gasteiger partial charge in [0.25, 0.3) is 0 Å². The molecule has 0 aromatic heterocycles. The predicted octanol–water partition coefficient (Wildman–Crippen LogP) is 1.92. The zero-order chi connectivity index (χ0) is 15.4. The topological polar surface area (TPSA) is 66.8 Å². The van der Waals surface area contributed by atoms with Gasteiger partial charge in [-0.15, -0.1) is 0 Å². The lowest BCUT2D eigenvalue weighted by Crippen LogP contribution is -2.43. The van der Waals surface area contributed by atoms with Crippen LogP contribution in [-0.4, -0.2) is 41.1 Å². The molecule has 1 aromatic carbocycles. The minimum Gasteiger partial charge on any atom is -0.493 e. The standard InChI is InChI=1S/C15H18FNO4/c1-10-6-8-17(14(10)15(19)20)13(18)7-9-21-12-4-2-11(16)3-5-12/h2-5,10,14H,6-9H2,1H3,(H,19,20). The molecule has 1 aromatic rings. The maximum Gasteiger partial charge on any atom is 0.326 e. The van der Waals surface area contributed by atoms with Crippen molar-refractivity contribution < 1.29 is 23.8 Å². The molecule has 0 radical (unpaired) electrons. The normalized spacial score (nSPS) is 21.3. The van der Waals surface area contributed by atoms with Crippen molar-refractivity contribution in [1.82, 2.24) is 4.90 Å². The van der Waals surface area contributed by atoms with Crippen LogP contribution in [0.5, 0.6) is 5.75 Å². The van der Waals surface area contributed by atoms with Gasteiger partial charge in [0.1, 0.15) is 17.6 Å². The minimum absolute atomic E-state index is 0.0375. The Morgan fingerprint density at radius 3 is 2.67 bits per heavy atom. The third kappa shape index (κ3) is 3.71. The number of nitrogens with zero attached hydrogens (tertiary/aromatic N) is 1. The molecule has 1 saturated heterocycles. The van der Waals surface area contributed by atoms with Gasteiger partial charge >= 0.3 is 5.97 Å². The second-order valence-corrected chi connectivity index (χ2v) is 5.19. The van der Waals surface area contributed by atoms with Crippen LogP contribution in [0.15, 0.2) is 24.3 Å². The van der Waals surface area contributed by atoms with Gasteiger partial charge in [-0.25, -0.2) is 9.18 Å². The van der Waals surface area contributed by atoms with Gasteiger partial charge in [0.15, 0.2) is 0 Å². The Morgan fingerprint density at radius 1 is 1.38 bits per heavy atom. The summed E-state index contributed by atoms with van der Waals surface area (Å²) >= 11 is 0. The lowest BCUT2D eigenvalue weighted by atomic mass is 10.0. The molecule has 114 valence electrons. The van der Waals surface area contributed by atoms with E-state index in [1.807, 2.05) is 6.92 Å². The summed E-state index contributed by atoms with van der Waals surface area (Å²) in [7, 11) is 0. The van der Waals surface area contributed by atoms with Crippen molar-refractivity contribution in [2.24, 2.45) is 5.92 Å². The van der Waals surface area contributed by atoms with E-state index in [9.17, 15) is 19.1 Å². The van der Waals surface area contributed by atoms with E-state index >= 15 is 0 Å². The fourth-order valence-corrected chi connectivity index (χ4v) is 2.53. The second-order valence-electron chi connectivity index (χ2n) is 5.19. The summed E-state index contributed by atoms with van der Waals surface area (Å²) in [6.07, 6.45) is 0.801. The van der Waals surface area contributed by atoms with Crippen molar-refractivity contribution in [2.45, 2.75) is 25.8 Å². The van der Waals surface area contributed by atoms with Gasteiger partial charge in [0.05, 0.1) is 13.0 Å². The third-order valence-electron chi connectivity index (χ3n) is 3.67. The quantitative estimate of drug-likeness (QED) is 0.901. The third-order valence-corrected chi connectivity index (χ3v) is 3.67. The predicted molar refractivity (Wildman–Crippen MR) is 73.4 cm³/mol. The zero-order valence-electron chi connectivity index (χ0n) is 11.8. The summed E-state index contributed by atoms with van der Waals surface area (Å²) in [5, 5.41) is 9.17. The van der Waals surface area contributed by atoms with Crippen LogP contribution in [0.1, 0.15) is 19.8 Å². The van der Waals surface area contributed by atoms with Crippen molar-refractivity contribution in [3.63, 3.8) is 0 Å². The summed E-state index contributed by atoms with van der Waals surface area (Å²) in [6.45, 7) is 2.44. The van der Waals surface area contributed by atoms with Crippen molar-refractivity contribution in [3.05, 3.63) is 30.1 Å². The van der Waals surface area contributed by atoms with Crippen LogP contribution in [0, 0.1) is 11.7 Å². The molecule has 1 amide bonds. The van der Waals surface area contributed by atoms with Crippen LogP contribution in [0.3, 0.4) is 0 Å². The van der Waals surface area contributed by atoms with Gasteiger partial charge in [-0.2, -0.15) is 0 Å². The van der Waals surface area contributed by atoms with Gasteiger partial charge in [-0.05, 0) is 36.6 Å². The van der Waals surface area contributed by atoms with Gasteiger partial charge in [0, 0.05) is 6.54 Å². The number of aliphatic carboxylic acids is 1. The Labute approximate surface area is 122 Å². The van der Waals surface area contributed by atoms with Crippen LogP contribution in [0.2, 0.25) is 0 Å². The Bertz CT molecular complexity index is 517. The monoisotopic (exact) mass is 295 g/mol. The molecule has 6 heteroatoms. The first kappa shape index (κ1) is 15.3. The van der Waals surface area contributed by atoms with E-state index in [1.54, 1.807) is 0 Å². The first-order chi connectivity index (χ1) is 9.99. The number of likely N-dealkylation sites (tertiary alicyclic amines) is 1. The molecular weight excluding hydrogens is 277 g/mol. The zero-order valence-corrected chi connectivity index (χ0v) is 11.8. The van der Waals surface area contributed by atoms with E-state index in [2.05, 4.69) is 0 Å². The Kier molecular flexibility index (Phi) is 4.77. The van der Waals surface area contributed by atoms with E-state index in [0.717, 1.165) is 0 Å². The van der Waals surface area contributed by atoms with Gasteiger partial charge < -0.3 is 14.7 Å². The van der Waals surface area contributed by atoms with E-state index in [0.29, 0.717) is 18.7 Å². The second kappa shape index (κ2) is 6.56. The number of amides is 1. The number of carbonyl (C=O) groups excluding carboxylic acids is 1. The highest BCUT2D eigenvalue weighted by Crippen LogP contribution is 2.24. The molecular formula is C15H18FNO4.